The molecule has 1 aromatic carbocycles. The van der Waals surface area contributed by atoms with E-state index in [0.717, 1.165) is 12.0 Å². The summed E-state index contributed by atoms with van der Waals surface area (Å²) in [6.45, 7) is 0.451. The van der Waals surface area contributed by atoms with Crippen LogP contribution in [-0.4, -0.2) is 36.9 Å². The molecule has 0 bridgehead atoms. The summed E-state index contributed by atoms with van der Waals surface area (Å²) in [6, 6.07) is 5.18. The van der Waals surface area contributed by atoms with Crippen molar-refractivity contribution < 1.29 is 19.0 Å². The molecule has 0 aliphatic heterocycles. The molecule has 0 fully saturated rings. The van der Waals surface area contributed by atoms with Crippen LogP contribution in [0.1, 0.15) is 16.1 Å². The minimum absolute atomic E-state index is 0.451. The summed E-state index contributed by atoms with van der Waals surface area (Å²) in [7, 11) is 4.93. The maximum Gasteiger partial charge on any atom is 0.203 e. The zero-order chi connectivity index (χ0) is 15.2. The second kappa shape index (κ2) is 6.78. The first kappa shape index (κ1) is 14.9. The van der Waals surface area contributed by atoms with Gasteiger partial charge in [-0.1, -0.05) is 0 Å². The molecule has 0 atom stereocenters. The molecule has 112 valence electrons. The van der Waals surface area contributed by atoms with Gasteiger partial charge in [-0.2, -0.15) is 5.10 Å². The molecule has 0 N–H and O–H groups in total. The van der Waals surface area contributed by atoms with Crippen molar-refractivity contribution in [1.82, 2.24) is 9.78 Å². The van der Waals surface area contributed by atoms with Crippen LogP contribution in [0.5, 0.6) is 17.2 Å². The number of methoxy groups -OCH3 is 2. The van der Waals surface area contributed by atoms with Crippen LogP contribution < -0.4 is 14.2 Å². The number of nitrogens with zero attached hydrogens (tertiary/aromatic N) is 2. The van der Waals surface area contributed by atoms with E-state index in [1.807, 2.05) is 13.1 Å². The molecule has 0 amide bonds. The number of aromatic nitrogens is 2. The molecular formula is C15H18N2O4. The Morgan fingerprint density at radius 1 is 1.24 bits per heavy atom. The van der Waals surface area contributed by atoms with Crippen molar-refractivity contribution in [2.75, 3.05) is 20.8 Å². The van der Waals surface area contributed by atoms with Crippen LogP contribution in [0.25, 0.3) is 0 Å². The Morgan fingerprint density at radius 2 is 1.90 bits per heavy atom. The molecule has 0 saturated heterocycles. The van der Waals surface area contributed by atoms with E-state index >= 15 is 0 Å². The van der Waals surface area contributed by atoms with Crippen molar-refractivity contribution in [3.05, 3.63) is 35.7 Å². The molecule has 2 rings (SSSR count). The zero-order valence-electron chi connectivity index (χ0n) is 12.3. The Kier molecular flexibility index (Phi) is 4.81. The Balaban J connectivity index is 2.14. The van der Waals surface area contributed by atoms with Gasteiger partial charge < -0.3 is 14.2 Å². The highest BCUT2D eigenvalue weighted by Crippen LogP contribution is 2.38. The summed E-state index contributed by atoms with van der Waals surface area (Å²) in [6.07, 6.45) is 3.19. The monoisotopic (exact) mass is 290 g/mol. The molecule has 0 unspecified atom stereocenters. The van der Waals surface area contributed by atoms with E-state index < -0.39 is 0 Å². The lowest BCUT2D eigenvalue weighted by Crippen LogP contribution is -2.07. The molecule has 0 saturated carbocycles. The highest BCUT2D eigenvalue weighted by Gasteiger charge is 2.14. The summed E-state index contributed by atoms with van der Waals surface area (Å²) >= 11 is 0. The molecule has 6 nitrogen and oxygen atoms in total. The second-order valence-corrected chi connectivity index (χ2v) is 4.42. The van der Waals surface area contributed by atoms with Gasteiger partial charge in [-0.3, -0.25) is 9.48 Å². The predicted molar refractivity (Wildman–Crippen MR) is 77.3 cm³/mol. The van der Waals surface area contributed by atoms with Crippen LogP contribution in [0, 0.1) is 0 Å². The molecule has 21 heavy (non-hydrogen) atoms. The van der Waals surface area contributed by atoms with Crippen LogP contribution in [0.15, 0.2) is 24.4 Å². The number of rotatable bonds is 7. The van der Waals surface area contributed by atoms with Crippen molar-refractivity contribution in [2.24, 2.45) is 7.05 Å². The van der Waals surface area contributed by atoms with E-state index in [9.17, 15) is 4.79 Å². The molecule has 0 aliphatic rings. The maximum absolute atomic E-state index is 10.9. The molecule has 0 radical (unpaired) electrons. The quantitative estimate of drug-likeness (QED) is 0.728. The Labute approximate surface area is 123 Å². The molecule has 1 aromatic heterocycles. The SMILES string of the molecule is COc1cc(C=O)cc(OC)c1OCCc1ccnn1C. The molecule has 6 heteroatoms. The number of hydrogen-bond acceptors (Lipinski definition) is 5. The van der Waals surface area contributed by atoms with E-state index in [1.165, 1.54) is 14.2 Å². The smallest absolute Gasteiger partial charge is 0.203 e. The lowest BCUT2D eigenvalue weighted by Gasteiger charge is -2.15. The van der Waals surface area contributed by atoms with Crippen molar-refractivity contribution in [2.45, 2.75) is 6.42 Å². The van der Waals surface area contributed by atoms with Gasteiger partial charge in [-0.05, 0) is 18.2 Å². The van der Waals surface area contributed by atoms with Crippen LogP contribution in [0.2, 0.25) is 0 Å². The minimum Gasteiger partial charge on any atom is -0.493 e. The fraction of sp³-hybridized carbons (Fsp3) is 0.333. The van der Waals surface area contributed by atoms with E-state index in [2.05, 4.69) is 5.10 Å². The van der Waals surface area contributed by atoms with Crippen LogP contribution in [0.4, 0.5) is 0 Å². The van der Waals surface area contributed by atoms with E-state index in [1.54, 1.807) is 23.0 Å². The summed E-state index contributed by atoms with van der Waals surface area (Å²) in [5, 5.41) is 4.11. The highest BCUT2D eigenvalue weighted by molar-refractivity contribution is 5.78. The zero-order valence-corrected chi connectivity index (χ0v) is 12.3. The number of aryl methyl sites for hydroxylation is 1. The van der Waals surface area contributed by atoms with Crippen molar-refractivity contribution in [1.29, 1.82) is 0 Å². The largest absolute Gasteiger partial charge is 0.493 e. The second-order valence-electron chi connectivity index (χ2n) is 4.42. The standard InChI is InChI=1S/C15H18N2O4/c1-17-12(4-6-16-17)5-7-21-15-13(19-2)8-11(10-18)9-14(15)20-3/h4,6,8-10H,5,7H2,1-3H3. The van der Waals surface area contributed by atoms with Gasteiger partial charge in [0.15, 0.2) is 11.5 Å². The Hall–Kier alpha value is -2.50. The highest BCUT2D eigenvalue weighted by atomic mass is 16.5. The Morgan fingerprint density at radius 3 is 2.38 bits per heavy atom. The van der Waals surface area contributed by atoms with Crippen LogP contribution in [0.3, 0.4) is 0 Å². The minimum atomic E-state index is 0.451. The number of benzene rings is 1. The summed E-state index contributed by atoms with van der Waals surface area (Å²) in [4.78, 5) is 10.9. The topological polar surface area (TPSA) is 62.6 Å². The summed E-state index contributed by atoms with van der Waals surface area (Å²) < 4.78 is 18.1. The van der Waals surface area contributed by atoms with Crippen molar-refractivity contribution >= 4 is 6.29 Å². The lowest BCUT2D eigenvalue weighted by molar-refractivity contribution is 0.112. The number of ether oxygens (including phenoxy) is 3. The van der Waals surface area contributed by atoms with Gasteiger partial charge in [0.05, 0.1) is 20.8 Å². The molecule has 0 spiro atoms. The predicted octanol–water partition coefficient (Wildman–Crippen LogP) is 1.87. The fourth-order valence-corrected chi connectivity index (χ4v) is 2.01. The molecule has 0 aliphatic carbocycles. The van der Waals surface area contributed by atoms with Gasteiger partial charge >= 0.3 is 0 Å². The third-order valence-electron chi connectivity index (χ3n) is 3.15. The van der Waals surface area contributed by atoms with Crippen molar-refractivity contribution in [3.8, 4) is 17.2 Å². The Bertz CT molecular complexity index is 597. The summed E-state index contributed by atoms with van der Waals surface area (Å²) in [5.74, 6) is 1.44. The number of aldehydes is 1. The van der Waals surface area contributed by atoms with E-state index in [4.69, 9.17) is 14.2 Å². The van der Waals surface area contributed by atoms with Gasteiger partial charge in [0.25, 0.3) is 0 Å². The molecular weight excluding hydrogens is 272 g/mol. The van der Waals surface area contributed by atoms with E-state index in [-0.39, 0.29) is 0 Å². The maximum atomic E-state index is 10.9. The van der Waals surface area contributed by atoms with Gasteiger partial charge in [0, 0.05) is 30.9 Å². The average molecular weight is 290 g/mol. The van der Waals surface area contributed by atoms with Gasteiger partial charge in [0.2, 0.25) is 5.75 Å². The normalized spacial score (nSPS) is 10.2. The van der Waals surface area contributed by atoms with Crippen molar-refractivity contribution in [3.63, 3.8) is 0 Å². The third kappa shape index (κ3) is 3.34. The lowest BCUT2D eigenvalue weighted by atomic mass is 10.2. The van der Waals surface area contributed by atoms with Gasteiger partial charge in [-0.25, -0.2) is 0 Å². The summed E-state index contributed by atoms with van der Waals surface area (Å²) in [5.41, 5.74) is 1.54. The van der Waals surface area contributed by atoms with Crippen LogP contribution >= 0.6 is 0 Å². The average Bonchev–Trinajstić information content (AvgIpc) is 2.92. The van der Waals surface area contributed by atoms with Crippen LogP contribution in [-0.2, 0) is 13.5 Å². The first-order valence-electron chi connectivity index (χ1n) is 6.50. The first-order valence-corrected chi connectivity index (χ1v) is 6.50. The number of hydrogen-bond donors (Lipinski definition) is 0. The fourth-order valence-electron chi connectivity index (χ4n) is 2.01. The third-order valence-corrected chi connectivity index (χ3v) is 3.15. The van der Waals surface area contributed by atoms with E-state index in [0.29, 0.717) is 35.8 Å². The van der Waals surface area contributed by atoms with Gasteiger partial charge in [0.1, 0.15) is 6.29 Å². The van der Waals surface area contributed by atoms with Gasteiger partial charge in [-0.15, -0.1) is 0 Å². The number of carbonyl (C=O) groups excluding carboxylic acids is 1. The molecule has 1 heterocycles. The molecule has 2 aromatic rings. The number of carbonyl (C=O) groups is 1. The first-order chi connectivity index (χ1) is 10.2.